The molecule has 19 heavy (non-hydrogen) atoms. The smallest absolute Gasteiger partial charge is 0.242 e. The van der Waals surface area contributed by atoms with E-state index in [9.17, 15) is 9.59 Å². The highest BCUT2D eigenvalue weighted by molar-refractivity contribution is 5.85. The van der Waals surface area contributed by atoms with Crippen LogP contribution >= 0.6 is 12.4 Å². The van der Waals surface area contributed by atoms with E-state index in [1.807, 2.05) is 20.8 Å². The summed E-state index contributed by atoms with van der Waals surface area (Å²) in [5, 5.41) is 5.92. The molecular weight excluding hydrogens is 266 g/mol. The number of hydrogen-bond acceptors (Lipinski definition) is 3. The van der Waals surface area contributed by atoms with Crippen LogP contribution in [0.5, 0.6) is 0 Å². The van der Waals surface area contributed by atoms with E-state index in [4.69, 9.17) is 0 Å². The van der Waals surface area contributed by atoms with Crippen LogP contribution in [-0.4, -0.2) is 49.4 Å². The topological polar surface area (TPSA) is 61.4 Å². The van der Waals surface area contributed by atoms with Crippen LogP contribution in [0.25, 0.3) is 0 Å². The molecule has 0 spiro atoms. The zero-order valence-corrected chi connectivity index (χ0v) is 13.1. The Morgan fingerprint density at radius 2 is 2.00 bits per heavy atom. The average molecular weight is 292 g/mol. The van der Waals surface area contributed by atoms with Gasteiger partial charge in [0.1, 0.15) is 0 Å². The lowest BCUT2D eigenvalue weighted by atomic mass is 9.92. The van der Waals surface area contributed by atoms with Crippen molar-refractivity contribution in [1.29, 1.82) is 0 Å². The number of hydrogen-bond donors (Lipinski definition) is 2. The summed E-state index contributed by atoms with van der Waals surface area (Å²) in [4.78, 5) is 25.2. The maximum absolute atomic E-state index is 11.9. The summed E-state index contributed by atoms with van der Waals surface area (Å²) in [7, 11) is 1.80. The number of halogens is 1. The van der Waals surface area contributed by atoms with Crippen molar-refractivity contribution in [2.75, 3.05) is 26.7 Å². The molecule has 2 amide bonds. The number of nitrogens with zero attached hydrogens (tertiary/aromatic N) is 1. The number of nitrogens with one attached hydrogen (secondary N) is 2. The summed E-state index contributed by atoms with van der Waals surface area (Å²) in [5.74, 6) is -0.0836. The van der Waals surface area contributed by atoms with Crippen LogP contribution in [0.4, 0.5) is 0 Å². The highest BCUT2D eigenvalue weighted by Crippen LogP contribution is 2.17. The summed E-state index contributed by atoms with van der Waals surface area (Å²) in [6, 6.07) is 0.261. The Hall–Kier alpha value is -0.810. The van der Waals surface area contributed by atoms with Crippen molar-refractivity contribution in [3.05, 3.63) is 0 Å². The Morgan fingerprint density at radius 3 is 2.47 bits per heavy atom. The molecule has 0 bridgehead atoms. The molecule has 1 aliphatic heterocycles. The van der Waals surface area contributed by atoms with Crippen LogP contribution in [0.2, 0.25) is 0 Å². The molecular formula is C13H26ClN3O2. The van der Waals surface area contributed by atoms with Gasteiger partial charge in [0.05, 0.1) is 6.54 Å². The van der Waals surface area contributed by atoms with Gasteiger partial charge in [-0.15, -0.1) is 12.4 Å². The first-order chi connectivity index (χ1) is 8.29. The van der Waals surface area contributed by atoms with Crippen LogP contribution < -0.4 is 10.6 Å². The van der Waals surface area contributed by atoms with Crippen LogP contribution in [0.1, 0.15) is 33.6 Å². The minimum absolute atomic E-state index is 0. The second kappa shape index (κ2) is 7.70. The Bertz CT molecular complexity index is 310. The maximum Gasteiger partial charge on any atom is 0.242 e. The fourth-order valence-corrected chi connectivity index (χ4v) is 2.02. The van der Waals surface area contributed by atoms with Gasteiger partial charge in [0.2, 0.25) is 11.8 Å². The fourth-order valence-electron chi connectivity index (χ4n) is 2.02. The summed E-state index contributed by atoms with van der Waals surface area (Å²) >= 11 is 0. The molecule has 1 heterocycles. The van der Waals surface area contributed by atoms with Gasteiger partial charge in [-0.25, -0.2) is 0 Å². The zero-order chi connectivity index (χ0) is 13.8. The first kappa shape index (κ1) is 18.2. The standard InChI is InChI=1S/C13H25N3O2.ClH/c1-13(2,3)7-11(17)15-9-12(18)16(4)10-5-6-14-8-10;/h10,14H,5-9H2,1-4H3,(H,15,17);1H. The normalized spacial score (nSPS) is 18.6. The number of carbonyl (C=O) groups is 2. The van der Waals surface area contributed by atoms with Gasteiger partial charge in [0.15, 0.2) is 0 Å². The predicted octanol–water partition coefficient (Wildman–Crippen LogP) is 0.781. The van der Waals surface area contributed by atoms with E-state index >= 15 is 0 Å². The molecule has 0 aromatic rings. The fraction of sp³-hybridized carbons (Fsp3) is 0.846. The third-order valence-electron chi connectivity index (χ3n) is 3.10. The van der Waals surface area contributed by atoms with Crippen LogP contribution in [0.15, 0.2) is 0 Å². The molecule has 1 atom stereocenters. The predicted molar refractivity (Wildman–Crippen MR) is 78.4 cm³/mol. The lowest BCUT2D eigenvalue weighted by Crippen LogP contribution is -2.44. The van der Waals surface area contributed by atoms with Crippen molar-refractivity contribution in [1.82, 2.24) is 15.5 Å². The van der Waals surface area contributed by atoms with E-state index in [1.165, 1.54) is 0 Å². The third kappa shape index (κ3) is 6.78. The summed E-state index contributed by atoms with van der Waals surface area (Å²) in [6.07, 6.45) is 1.42. The molecule has 5 nitrogen and oxygen atoms in total. The molecule has 1 aliphatic rings. The maximum atomic E-state index is 11.9. The monoisotopic (exact) mass is 291 g/mol. The Kier molecular flexibility index (Phi) is 7.37. The number of rotatable bonds is 4. The molecule has 2 N–H and O–H groups in total. The lowest BCUT2D eigenvalue weighted by molar-refractivity contribution is -0.133. The van der Waals surface area contributed by atoms with Gasteiger partial charge in [-0.05, 0) is 18.4 Å². The van der Waals surface area contributed by atoms with Gasteiger partial charge in [-0.3, -0.25) is 9.59 Å². The molecule has 0 saturated carbocycles. The van der Waals surface area contributed by atoms with Crippen LogP contribution in [-0.2, 0) is 9.59 Å². The van der Waals surface area contributed by atoms with Gasteiger partial charge in [-0.2, -0.15) is 0 Å². The molecule has 0 aromatic heterocycles. The molecule has 1 fully saturated rings. The number of amides is 2. The van der Waals surface area contributed by atoms with E-state index in [-0.39, 0.29) is 42.2 Å². The number of likely N-dealkylation sites (N-methyl/N-ethyl adjacent to an activating group) is 1. The highest BCUT2D eigenvalue weighted by Gasteiger charge is 2.23. The van der Waals surface area contributed by atoms with Gasteiger partial charge in [-0.1, -0.05) is 20.8 Å². The van der Waals surface area contributed by atoms with Gasteiger partial charge >= 0.3 is 0 Å². The average Bonchev–Trinajstić information content (AvgIpc) is 2.75. The molecule has 1 saturated heterocycles. The van der Waals surface area contributed by atoms with Crippen LogP contribution in [0.3, 0.4) is 0 Å². The van der Waals surface area contributed by atoms with Crippen molar-refractivity contribution >= 4 is 24.2 Å². The summed E-state index contributed by atoms with van der Waals surface area (Å²) in [6.45, 7) is 7.92. The number of carbonyl (C=O) groups excluding carboxylic acids is 2. The molecule has 1 unspecified atom stereocenters. The van der Waals surface area contributed by atoms with Crippen molar-refractivity contribution in [3.8, 4) is 0 Å². The van der Waals surface area contributed by atoms with Crippen molar-refractivity contribution in [2.24, 2.45) is 5.41 Å². The van der Waals surface area contributed by atoms with Crippen molar-refractivity contribution in [2.45, 2.75) is 39.7 Å². The summed E-state index contributed by atoms with van der Waals surface area (Å²) < 4.78 is 0. The van der Waals surface area contributed by atoms with Gasteiger partial charge in [0.25, 0.3) is 0 Å². The Morgan fingerprint density at radius 1 is 1.37 bits per heavy atom. The minimum atomic E-state index is -0.0613. The SMILES string of the molecule is CN(C(=O)CNC(=O)CC(C)(C)C)C1CCNC1.Cl. The van der Waals surface area contributed by atoms with Gasteiger partial charge in [0, 0.05) is 26.1 Å². The molecule has 112 valence electrons. The van der Waals surface area contributed by atoms with Crippen molar-refractivity contribution in [3.63, 3.8) is 0 Å². The quantitative estimate of drug-likeness (QED) is 0.805. The first-order valence-electron chi connectivity index (χ1n) is 6.53. The van der Waals surface area contributed by atoms with Crippen molar-refractivity contribution < 1.29 is 9.59 Å². The Labute approximate surface area is 121 Å². The van der Waals surface area contributed by atoms with E-state index in [2.05, 4.69) is 10.6 Å². The van der Waals surface area contributed by atoms with E-state index in [0.717, 1.165) is 19.5 Å². The third-order valence-corrected chi connectivity index (χ3v) is 3.10. The van der Waals surface area contributed by atoms with Gasteiger partial charge < -0.3 is 15.5 Å². The minimum Gasteiger partial charge on any atom is -0.347 e. The zero-order valence-electron chi connectivity index (χ0n) is 12.3. The molecule has 0 aromatic carbocycles. The highest BCUT2D eigenvalue weighted by atomic mass is 35.5. The van der Waals surface area contributed by atoms with E-state index in [1.54, 1.807) is 11.9 Å². The molecule has 6 heteroatoms. The first-order valence-corrected chi connectivity index (χ1v) is 6.53. The van der Waals surface area contributed by atoms with Crippen LogP contribution in [0, 0.1) is 5.41 Å². The molecule has 0 radical (unpaired) electrons. The second-order valence-corrected chi connectivity index (χ2v) is 6.17. The summed E-state index contributed by atoms with van der Waals surface area (Å²) in [5.41, 5.74) is -0.0472. The van der Waals surface area contributed by atoms with E-state index in [0.29, 0.717) is 6.42 Å². The molecule has 1 rings (SSSR count). The largest absolute Gasteiger partial charge is 0.347 e. The second-order valence-electron chi connectivity index (χ2n) is 6.17. The Balaban J connectivity index is 0.00000324. The lowest BCUT2D eigenvalue weighted by Gasteiger charge is -2.24. The molecule has 0 aliphatic carbocycles. The van der Waals surface area contributed by atoms with E-state index < -0.39 is 0 Å².